The third-order valence-corrected chi connectivity index (χ3v) is 3.40. The summed E-state index contributed by atoms with van der Waals surface area (Å²) in [4.78, 5) is 0. The van der Waals surface area contributed by atoms with Crippen molar-refractivity contribution < 1.29 is 5.11 Å². The summed E-state index contributed by atoms with van der Waals surface area (Å²) in [5.41, 5.74) is 0. The minimum atomic E-state index is 0.177. The molecule has 0 heterocycles. The fraction of sp³-hybridized carbons (Fsp3) is 0.875. The second kappa shape index (κ2) is 10.8. The Bertz CT molecular complexity index is 184. The predicted molar refractivity (Wildman–Crippen MR) is 77.1 cm³/mol. The first kappa shape index (κ1) is 16.7. The molecule has 0 radical (unpaired) electrons. The van der Waals surface area contributed by atoms with E-state index in [4.69, 9.17) is 5.11 Å². The molecule has 0 fully saturated rings. The molecular formula is C16H32O. The van der Waals surface area contributed by atoms with Crippen molar-refractivity contribution in [3.05, 3.63) is 12.2 Å². The molecule has 0 aliphatic heterocycles. The van der Waals surface area contributed by atoms with Crippen LogP contribution < -0.4 is 0 Å². The monoisotopic (exact) mass is 240 g/mol. The molecular weight excluding hydrogens is 208 g/mol. The zero-order valence-electron chi connectivity index (χ0n) is 12.3. The average molecular weight is 240 g/mol. The molecule has 0 aromatic heterocycles. The van der Waals surface area contributed by atoms with Gasteiger partial charge in [-0.2, -0.15) is 0 Å². The smallest absolute Gasteiger partial charge is 0.0612 e. The summed E-state index contributed by atoms with van der Waals surface area (Å²) in [6.45, 7) is 9.40. The topological polar surface area (TPSA) is 20.2 Å². The van der Waals surface area contributed by atoms with Gasteiger partial charge in [0.05, 0.1) is 6.61 Å². The van der Waals surface area contributed by atoms with Gasteiger partial charge in [-0.3, -0.25) is 0 Å². The van der Waals surface area contributed by atoms with Gasteiger partial charge in [0.1, 0.15) is 0 Å². The van der Waals surface area contributed by atoms with Gasteiger partial charge in [0, 0.05) is 0 Å². The highest BCUT2D eigenvalue weighted by Crippen LogP contribution is 2.19. The molecule has 0 spiro atoms. The molecule has 0 amide bonds. The second-order valence-corrected chi connectivity index (χ2v) is 5.95. The molecule has 0 aliphatic rings. The number of aliphatic hydroxyl groups is 1. The lowest BCUT2D eigenvalue weighted by Gasteiger charge is -2.13. The van der Waals surface area contributed by atoms with Crippen LogP contribution in [0.1, 0.15) is 66.2 Å². The minimum absolute atomic E-state index is 0.177. The maximum Gasteiger partial charge on any atom is 0.0612 e. The van der Waals surface area contributed by atoms with Crippen LogP contribution in [0.5, 0.6) is 0 Å². The van der Waals surface area contributed by atoms with Crippen molar-refractivity contribution in [3.63, 3.8) is 0 Å². The van der Waals surface area contributed by atoms with Crippen molar-refractivity contribution in [2.75, 3.05) is 6.61 Å². The van der Waals surface area contributed by atoms with Crippen LogP contribution in [0, 0.1) is 17.8 Å². The Morgan fingerprint density at radius 1 is 0.882 bits per heavy atom. The van der Waals surface area contributed by atoms with Gasteiger partial charge in [0.2, 0.25) is 0 Å². The zero-order valence-corrected chi connectivity index (χ0v) is 12.3. The summed E-state index contributed by atoms with van der Waals surface area (Å²) in [5.74, 6) is 2.35. The van der Waals surface area contributed by atoms with E-state index in [1.54, 1.807) is 0 Å². The van der Waals surface area contributed by atoms with E-state index in [1.807, 2.05) is 6.08 Å². The largest absolute Gasteiger partial charge is 0.392 e. The van der Waals surface area contributed by atoms with Gasteiger partial charge in [0.25, 0.3) is 0 Å². The first-order valence-electron chi connectivity index (χ1n) is 7.33. The number of rotatable bonds is 10. The Balaban J connectivity index is 3.44. The highest BCUT2D eigenvalue weighted by Gasteiger charge is 2.04. The molecule has 1 nitrogen and oxygen atoms in total. The van der Waals surface area contributed by atoms with Crippen molar-refractivity contribution in [1.82, 2.24) is 0 Å². The van der Waals surface area contributed by atoms with E-state index in [0.29, 0.717) is 5.92 Å². The zero-order chi connectivity index (χ0) is 13.1. The third kappa shape index (κ3) is 12.0. The quantitative estimate of drug-likeness (QED) is 0.544. The Morgan fingerprint density at radius 2 is 1.47 bits per heavy atom. The Hall–Kier alpha value is -0.300. The lowest BCUT2D eigenvalue weighted by Crippen LogP contribution is -1.98. The van der Waals surface area contributed by atoms with Gasteiger partial charge in [-0.1, -0.05) is 72.0 Å². The fourth-order valence-electron chi connectivity index (χ4n) is 2.20. The van der Waals surface area contributed by atoms with Crippen molar-refractivity contribution >= 4 is 0 Å². The summed E-state index contributed by atoms with van der Waals surface area (Å²) in [6.07, 6.45) is 12.1. The van der Waals surface area contributed by atoms with Gasteiger partial charge >= 0.3 is 0 Å². The number of aliphatic hydroxyl groups excluding tert-OH is 1. The lowest BCUT2D eigenvalue weighted by atomic mass is 9.93. The SMILES string of the molecule is CC(C)CCCC(C)CCCC(C)C=CCO. The summed E-state index contributed by atoms with van der Waals surface area (Å²) in [6, 6.07) is 0. The van der Waals surface area contributed by atoms with E-state index < -0.39 is 0 Å². The normalized spacial score (nSPS) is 15.6. The van der Waals surface area contributed by atoms with E-state index in [0.717, 1.165) is 11.8 Å². The number of hydrogen-bond donors (Lipinski definition) is 1. The first-order chi connectivity index (χ1) is 8.06. The van der Waals surface area contributed by atoms with Crippen molar-refractivity contribution in [2.45, 2.75) is 66.2 Å². The molecule has 17 heavy (non-hydrogen) atoms. The van der Waals surface area contributed by atoms with Crippen LogP contribution in [0.2, 0.25) is 0 Å². The van der Waals surface area contributed by atoms with E-state index in [2.05, 4.69) is 33.8 Å². The van der Waals surface area contributed by atoms with Crippen molar-refractivity contribution in [1.29, 1.82) is 0 Å². The Kier molecular flexibility index (Phi) is 10.6. The molecule has 0 aliphatic carbocycles. The molecule has 1 heteroatoms. The number of hydrogen-bond acceptors (Lipinski definition) is 1. The van der Waals surface area contributed by atoms with Crippen LogP contribution in [0.25, 0.3) is 0 Å². The average Bonchev–Trinajstić information content (AvgIpc) is 2.25. The Labute approximate surface area is 108 Å². The first-order valence-corrected chi connectivity index (χ1v) is 7.33. The third-order valence-electron chi connectivity index (χ3n) is 3.40. The fourth-order valence-corrected chi connectivity index (χ4v) is 2.20. The van der Waals surface area contributed by atoms with Crippen LogP contribution >= 0.6 is 0 Å². The molecule has 1 N–H and O–H groups in total. The van der Waals surface area contributed by atoms with E-state index in [1.165, 1.54) is 38.5 Å². The van der Waals surface area contributed by atoms with Crippen LogP contribution in [0.15, 0.2) is 12.2 Å². The van der Waals surface area contributed by atoms with Crippen LogP contribution in [0.3, 0.4) is 0 Å². The van der Waals surface area contributed by atoms with Gasteiger partial charge in [-0.05, 0) is 24.2 Å². The van der Waals surface area contributed by atoms with Crippen LogP contribution in [0.4, 0.5) is 0 Å². The van der Waals surface area contributed by atoms with E-state index in [9.17, 15) is 0 Å². The standard InChI is InChI=1S/C16H32O/c1-14(2)8-5-9-15(3)10-6-11-16(4)12-7-13-17/h7,12,14-17H,5-6,8-11,13H2,1-4H3. The van der Waals surface area contributed by atoms with Gasteiger partial charge in [-0.15, -0.1) is 0 Å². The molecule has 0 saturated carbocycles. The lowest BCUT2D eigenvalue weighted by molar-refractivity contribution is 0.341. The molecule has 0 bridgehead atoms. The van der Waals surface area contributed by atoms with E-state index >= 15 is 0 Å². The molecule has 2 atom stereocenters. The highest BCUT2D eigenvalue weighted by molar-refractivity contribution is 4.85. The van der Waals surface area contributed by atoms with Crippen molar-refractivity contribution in [3.8, 4) is 0 Å². The molecule has 0 aromatic carbocycles. The van der Waals surface area contributed by atoms with Crippen LogP contribution in [-0.4, -0.2) is 11.7 Å². The maximum atomic E-state index is 8.68. The van der Waals surface area contributed by atoms with Gasteiger partial charge in [-0.25, -0.2) is 0 Å². The summed E-state index contributed by atoms with van der Waals surface area (Å²) in [5, 5.41) is 8.68. The second-order valence-electron chi connectivity index (χ2n) is 5.95. The molecule has 2 unspecified atom stereocenters. The molecule has 0 rings (SSSR count). The Morgan fingerprint density at radius 3 is 2.00 bits per heavy atom. The number of allylic oxidation sites excluding steroid dienone is 1. The summed E-state index contributed by atoms with van der Waals surface area (Å²) >= 11 is 0. The minimum Gasteiger partial charge on any atom is -0.392 e. The van der Waals surface area contributed by atoms with Crippen molar-refractivity contribution in [2.24, 2.45) is 17.8 Å². The van der Waals surface area contributed by atoms with Gasteiger partial charge in [0.15, 0.2) is 0 Å². The molecule has 0 saturated heterocycles. The summed E-state index contributed by atoms with van der Waals surface area (Å²) < 4.78 is 0. The van der Waals surface area contributed by atoms with E-state index in [-0.39, 0.29) is 6.61 Å². The maximum absolute atomic E-state index is 8.68. The predicted octanol–water partition coefficient (Wildman–Crippen LogP) is 4.80. The highest BCUT2D eigenvalue weighted by atomic mass is 16.2. The molecule has 0 aromatic rings. The molecule has 102 valence electrons. The summed E-state index contributed by atoms with van der Waals surface area (Å²) in [7, 11) is 0. The van der Waals surface area contributed by atoms with Crippen LogP contribution in [-0.2, 0) is 0 Å². The van der Waals surface area contributed by atoms with Gasteiger partial charge < -0.3 is 5.11 Å².